The highest BCUT2D eigenvalue weighted by Crippen LogP contribution is 2.43. The molecule has 0 aromatic heterocycles. The van der Waals surface area contributed by atoms with Crippen LogP contribution in [0.2, 0.25) is 0 Å². The molecule has 4 rings (SSSR count). The fourth-order valence-electron chi connectivity index (χ4n) is 6.41. The van der Waals surface area contributed by atoms with Crippen molar-refractivity contribution >= 4 is 29.9 Å². The van der Waals surface area contributed by atoms with E-state index in [-0.39, 0.29) is 24.0 Å². The topological polar surface area (TPSA) is 34.1 Å². The van der Waals surface area contributed by atoms with Gasteiger partial charge in [0.15, 0.2) is 5.96 Å². The molecular formula is C23H44IN5. The normalized spacial score (nSPS) is 28.3. The van der Waals surface area contributed by atoms with Crippen molar-refractivity contribution in [1.29, 1.82) is 0 Å². The number of nitrogens with one attached hydrogen (secondary N) is 1. The van der Waals surface area contributed by atoms with Crippen LogP contribution in [0, 0.1) is 5.41 Å². The molecule has 0 amide bonds. The number of piperidine rings is 2. The second-order valence-corrected chi connectivity index (χ2v) is 10.2. The molecule has 0 unspecified atom stereocenters. The predicted molar refractivity (Wildman–Crippen MR) is 133 cm³/mol. The van der Waals surface area contributed by atoms with Crippen molar-refractivity contribution in [2.45, 2.75) is 76.2 Å². The molecule has 168 valence electrons. The van der Waals surface area contributed by atoms with Gasteiger partial charge in [-0.25, -0.2) is 0 Å². The molecule has 6 heteroatoms. The van der Waals surface area contributed by atoms with E-state index < -0.39 is 0 Å². The Kier molecular flexibility index (Phi) is 8.53. The third-order valence-corrected chi connectivity index (χ3v) is 8.38. The van der Waals surface area contributed by atoms with Crippen LogP contribution in [-0.2, 0) is 0 Å². The van der Waals surface area contributed by atoms with Crippen molar-refractivity contribution in [3.8, 4) is 0 Å². The van der Waals surface area contributed by atoms with Gasteiger partial charge in [-0.3, -0.25) is 9.89 Å². The van der Waals surface area contributed by atoms with Gasteiger partial charge in [0.1, 0.15) is 0 Å². The molecule has 1 N–H and O–H groups in total. The summed E-state index contributed by atoms with van der Waals surface area (Å²) in [5.74, 6) is 1.16. The van der Waals surface area contributed by atoms with Crippen LogP contribution in [0.5, 0.6) is 0 Å². The van der Waals surface area contributed by atoms with Crippen molar-refractivity contribution in [3.63, 3.8) is 0 Å². The number of hydrogen-bond acceptors (Lipinski definition) is 3. The second kappa shape index (κ2) is 10.5. The number of halogens is 1. The molecule has 5 nitrogen and oxygen atoms in total. The van der Waals surface area contributed by atoms with Gasteiger partial charge in [0.05, 0.1) is 0 Å². The van der Waals surface area contributed by atoms with Gasteiger partial charge in [-0.1, -0.05) is 25.7 Å². The number of likely N-dealkylation sites (tertiary alicyclic amines) is 3. The van der Waals surface area contributed by atoms with Crippen LogP contribution < -0.4 is 5.32 Å². The number of hydrogen-bond donors (Lipinski definition) is 1. The van der Waals surface area contributed by atoms with Crippen molar-refractivity contribution in [1.82, 2.24) is 20.0 Å². The van der Waals surface area contributed by atoms with E-state index in [1.807, 2.05) is 7.05 Å². The van der Waals surface area contributed by atoms with E-state index >= 15 is 0 Å². The number of guanidine groups is 1. The molecule has 0 atom stereocenters. The molecule has 3 saturated heterocycles. The molecule has 1 spiro atoms. The molecule has 0 aromatic carbocycles. The highest BCUT2D eigenvalue weighted by atomic mass is 127. The Balaban J connectivity index is 0.00000240. The summed E-state index contributed by atoms with van der Waals surface area (Å²) in [5, 5.41) is 3.87. The molecule has 0 radical (unpaired) electrons. The van der Waals surface area contributed by atoms with Crippen LogP contribution in [0.25, 0.3) is 0 Å². The van der Waals surface area contributed by atoms with E-state index in [4.69, 9.17) is 4.99 Å². The van der Waals surface area contributed by atoms with Crippen LogP contribution in [0.1, 0.15) is 70.6 Å². The highest BCUT2D eigenvalue weighted by molar-refractivity contribution is 14.0. The van der Waals surface area contributed by atoms with Crippen LogP contribution in [0.15, 0.2) is 4.99 Å². The minimum absolute atomic E-state index is 0. The van der Waals surface area contributed by atoms with Gasteiger partial charge in [-0.05, 0) is 83.6 Å². The zero-order valence-corrected chi connectivity index (χ0v) is 21.3. The molecular weight excluding hydrogens is 473 g/mol. The minimum atomic E-state index is 0. The Morgan fingerprint density at radius 1 is 0.828 bits per heavy atom. The van der Waals surface area contributed by atoms with Gasteiger partial charge in [-0.15, -0.1) is 24.0 Å². The van der Waals surface area contributed by atoms with E-state index in [1.54, 1.807) is 0 Å². The Bertz CT molecular complexity index is 531. The van der Waals surface area contributed by atoms with Gasteiger partial charge >= 0.3 is 0 Å². The van der Waals surface area contributed by atoms with Gasteiger partial charge in [-0.2, -0.15) is 0 Å². The zero-order chi connectivity index (χ0) is 19.5. The van der Waals surface area contributed by atoms with Crippen LogP contribution in [0.3, 0.4) is 0 Å². The second-order valence-electron chi connectivity index (χ2n) is 10.2. The van der Waals surface area contributed by atoms with Crippen molar-refractivity contribution in [3.05, 3.63) is 0 Å². The van der Waals surface area contributed by atoms with Crippen LogP contribution >= 0.6 is 24.0 Å². The molecule has 3 aliphatic heterocycles. The summed E-state index contributed by atoms with van der Waals surface area (Å²) in [4.78, 5) is 12.6. The number of nitrogens with zero attached hydrogens (tertiary/aromatic N) is 4. The Morgan fingerprint density at radius 2 is 1.48 bits per heavy atom. The quantitative estimate of drug-likeness (QED) is 0.351. The molecule has 4 aliphatic rings. The standard InChI is InChI=1S/C23H43N5.HI/c1-24-21(27-18-11-22(20-27)9-5-3-6-10-22)25-19-23(12-16-26(2)17-13-23)28-14-7-4-8-15-28;/h3-20H2,1-2H3,(H,24,25);1H. The van der Waals surface area contributed by atoms with E-state index in [1.165, 1.54) is 110 Å². The van der Waals surface area contributed by atoms with Crippen molar-refractivity contribution in [2.75, 3.05) is 59.9 Å². The average Bonchev–Trinajstić information content (AvgIpc) is 3.14. The van der Waals surface area contributed by atoms with Gasteiger partial charge in [0.25, 0.3) is 0 Å². The summed E-state index contributed by atoms with van der Waals surface area (Å²) < 4.78 is 0. The van der Waals surface area contributed by atoms with Crippen LogP contribution in [0.4, 0.5) is 0 Å². The maximum absolute atomic E-state index is 4.73. The average molecular weight is 518 g/mol. The summed E-state index contributed by atoms with van der Waals surface area (Å²) in [5.41, 5.74) is 0.916. The predicted octanol–water partition coefficient (Wildman–Crippen LogP) is 3.79. The molecule has 0 aromatic rings. The fourth-order valence-corrected chi connectivity index (χ4v) is 6.41. The minimum Gasteiger partial charge on any atom is -0.354 e. The van der Waals surface area contributed by atoms with Crippen molar-refractivity contribution in [2.24, 2.45) is 10.4 Å². The number of rotatable bonds is 3. The first-order chi connectivity index (χ1) is 13.6. The van der Waals surface area contributed by atoms with Gasteiger partial charge in [0, 0.05) is 32.2 Å². The molecule has 1 saturated carbocycles. The van der Waals surface area contributed by atoms with E-state index in [2.05, 4.69) is 27.1 Å². The lowest BCUT2D eigenvalue weighted by molar-refractivity contribution is 0.0169. The molecule has 4 fully saturated rings. The fraction of sp³-hybridized carbons (Fsp3) is 0.957. The summed E-state index contributed by atoms with van der Waals surface area (Å²) >= 11 is 0. The molecule has 29 heavy (non-hydrogen) atoms. The first-order valence-corrected chi connectivity index (χ1v) is 12.0. The third kappa shape index (κ3) is 5.40. The maximum Gasteiger partial charge on any atom is 0.193 e. The van der Waals surface area contributed by atoms with Crippen LogP contribution in [-0.4, -0.2) is 86.1 Å². The molecule has 0 bridgehead atoms. The monoisotopic (exact) mass is 517 g/mol. The summed E-state index contributed by atoms with van der Waals surface area (Å²) in [6, 6.07) is 0. The van der Waals surface area contributed by atoms with E-state index in [0.717, 1.165) is 12.5 Å². The van der Waals surface area contributed by atoms with E-state index in [9.17, 15) is 0 Å². The van der Waals surface area contributed by atoms with Crippen molar-refractivity contribution < 1.29 is 0 Å². The molecule has 3 heterocycles. The maximum atomic E-state index is 4.73. The first kappa shape index (κ1) is 23.6. The Labute approximate surface area is 196 Å². The lowest BCUT2D eigenvalue weighted by Gasteiger charge is -2.50. The van der Waals surface area contributed by atoms with Gasteiger partial charge < -0.3 is 15.1 Å². The summed E-state index contributed by atoms with van der Waals surface area (Å²) in [7, 11) is 4.26. The van der Waals surface area contributed by atoms with Gasteiger partial charge in [0.2, 0.25) is 0 Å². The summed E-state index contributed by atoms with van der Waals surface area (Å²) in [6.07, 6.45) is 15.3. The smallest absolute Gasteiger partial charge is 0.193 e. The third-order valence-electron chi connectivity index (χ3n) is 8.38. The van der Waals surface area contributed by atoms with E-state index in [0.29, 0.717) is 11.0 Å². The molecule has 1 aliphatic carbocycles. The number of aliphatic imine (C=N–C) groups is 1. The SMILES string of the molecule is CN=C(NCC1(N2CCCCC2)CCN(C)CC1)N1CCC2(CCCCC2)C1.I. The Morgan fingerprint density at radius 3 is 2.14 bits per heavy atom. The lowest BCUT2D eigenvalue weighted by atomic mass is 9.73. The largest absolute Gasteiger partial charge is 0.354 e. The zero-order valence-electron chi connectivity index (χ0n) is 18.9. The highest BCUT2D eigenvalue weighted by Gasteiger charge is 2.42. The lowest BCUT2D eigenvalue weighted by Crippen LogP contribution is -2.62. The Hall–Kier alpha value is -0.0800. The summed E-state index contributed by atoms with van der Waals surface area (Å²) in [6.45, 7) is 8.52. The first-order valence-electron chi connectivity index (χ1n) is 12.0.